The Bertz CT molecular complexity index is 1300. The molecule has 1 aliphatic heterocycles. The minimum Gasteiger partial charge on any atom is -0.497 e. The van der Waals surface area contributed by atoms with Crippen molar-refractivity contribution in [2.24, 2.45) is 0 Å². The summed E-state index contributed by atoms with van der Waals surface area (Å²) >= 11 is 0. The number of fused-ring (bicyclic) bond motifs is 1. The van der Waals surface area contributed by atoms with E-state index in [1.54, 1.807) is 18.9 Å². The van der Waals surface area contributed by atoms with E-state index in [9.17, 15) is 4.79 Å². The van der Waals surface area contributed by atoms with Gasteiger partial charge in [0.1, 0.15) is 17.2 Å². The molecular formula is C27H25N3O3. The molecule has 6 heteroatoms. The van der Waals surface area contributed by atoms with Crippen LogP contribution < -0.4 is 14.4 Å². The quantitative estimate of drug-likeness (QED) is 0.432. The Morgan fingerprint density at radius 1 is 0.939 bits per heavy atom. The Labute approximate surface area is 193 Å². The van der Waals surface area contributed by atoms with Crippen molar-refractivity contribution >= 4 is 11.6 Å². The fourth-order valence-electron chi connectivity index (χ4n) is 4.33. The van der Waals surface area contributed by atoms with Gasteiger partial charge in [-0.05, 0) is 54.8 Å². The van der Waals surface area contributed by atoms with Crippen molar-refractivity contribution in [3.05, 3.63) is 90.1 Å². The summed E-state index contributed by atoms with van der Waals surface area (Å²) in [6.45, 7) is 0.668. The van der Waals surface area contributed by atoms with Gasteiger partial charge in [0.15, 0.2) is 0 Å². The van der Waals surface area contributed by atoms with Crippen LogP contribution in [0.3, 0.4) is 0 Å². The number of aryl methyl sites for hydroxylation is 1. The number of carbonyl (C=O) groups excluding carboxylic acids is 1. The van der Waals surface area contributed by atoms with Crippen molar-refractivity contribution in [1.29, 1.82) is 0 Å². The van der Waals surface area contributed by atoms with E-state index < -0.39 is 0 Å². The van der Waals surface area contributed by atoms with Crippen LogP contribution in [0.25, 0.3) is 16.9 Å². The molecule has 0 fully saturated rings. The molecule has 1 aromatic heterocycles. The molecule has 1 amide bonds. The van der Waals surface area contributed by atoms with Crippen molar-refractivity contribution < 1.29 is 14.3 Å². The molecule has 33 heavy (non-hydrogen) atoms. The number of carbonyl (C=O) groups is 1. The van der Waals surface area contributed by atoms with Gasteiger partial charge in [0.05, 0.1) is 25.5 Å². The van der Waals surface area contributed by atoms with Gasteiger partial charge in [-0.1, -0.05) is 36.4 Å². The predicted molar refractivity (Wildman–Crippen MR) is 129 cm³/mol. The van der Waals surface area contributed by atoms with Gasteiger partial charge in [0.25, 0.3) is 5.91 Å². The molecule has 0 spiro atoms. The fourth-order valence-corrected chi connectivity index (χ4v) is 4.33. The van der Waals surface area contributed by atoms with E-state index in [4.69, 9.17) is 14.6 Å². The first-order chi connectivity index (χ1) is 16.2. The molecule has 0 bridgehead atoms. The minimum atomic E-state index is -0.0794. The van der Waals surface area contributed by atoms with Gasteiger partial charge < -0.3 is 14.4 Å². The zero-order valence-corrected chi connectivity index (χ0v) is 18.7. The smallest absolute Gasteiger partial charge is 0.262 e. The van der Waals surface area contributed by atoms with Crippen LogP contribution in [0.15, 0.2) is 79.0 Å². The molecule has 6 nitrogen and oxygen atoms in total. The largest absolute Gasteiger partial charge is 0.497 e. The lowest BCUT2D eigenvalue weighted by atomic mass is 10.00. The maximum absolute atomic E-state index is 14.0. The van der Waals surface area contributed by atoms with Gasteiger partial charge in [-0.2, -0.15) is 5.10 Å². The van der Waals surface area contributed by atoms with Crippen LogP contribution in [0.5, 0.6) is 11.5 Å². The number of methoxy groups -OCH3 is 2. The van der Waals surface area contributed by atoms with Gasteiger partial charge in [-0.25, -0.2) is 4.68 Å². The first kappa shape index (κ1) is 20.8. The molecule has 166 valence electrons. The number of para-hydroxylation sites is 2. The lowest BCUT2D eigenvalue weighted by molar-refractivity contribution is 0.0985. The van der Waals surface area contributed by atoms with Gasteiger partial charge >= 0.3 is 0 Å². The highest BCUT2D eigenvalue weighted by Crippen LogP contribution is 2.37. The monoisotopic (exact) mass is 439 g/mol. The third-order valence-electron chi connectivity index (χ3n) is 5.98. The topological polar surface area (TPSA) is 56.6 Å². The molecule has 4 aromatic rings. The van der Waals surface area contributed by atoms with E-state index in [0.29, 0.717) is 34.9 Å². The van der Waals surface area contributed by atoms with E-state index in [-0.39, 0.29) is 5.91 Å². The van der Waals surface area contributed by atoms with Crippen LogP contribution in [-0.2, 0) is 6.42 Å². The Hall–Kier alpha value is -4.06. The average Bonchev–Trinajstić information content (AvgIpc) is 3.33. The van der Waals surface area contributed by atoms with Crippen molar-refractivity contribution in [2.75, 3.05) is 25.7 Å². The first-order valence-corrected chi connectivity index (χ1v) is 11.0. The molecular weight excluding hydrogens is 414 g/mol. The minimum absolute atomic E-state index is 0.0794. The number of rotatable bonds is 5. The predicted octanol–water partition coefficient (Wildman–Crippen LogP) is 5.15. The lowest BCUT2D eigenvalue weighted by Crippen LogP contribution is -2.35. The number of nitrogens with zero attached hydrogens (tertiary/aromatic N) is 3. The molecule has 5 rings (SSSR count). The summed E-state index contributed by atoms with van der Waals surface area (Å²) in [6.07, 6.45) is 3.70. The standard InChI is InChI=1S/C27H25N3O3/c1-32-21-14-15-25(33-2)22(17-21)26-23(18-30(28-26)20-11-4-3-5-12-20)27(31)29-16-8-10-19-9-6-7-13-24(19)29/h3-7,9,11-15,17-18H,8,10,16H2,1-2H3. The summed E-state index contributed by atoms with van der Waals surface area (Å²) in [7, 11) is 3.23. The average molecular weight is 440 g/mol. The normalized spacial score (nSPS) is 12.8. The molecule has 2 heterocycles. The zero-order chi connectivity index (χ0) is 22.8. The molecule has 0 atom stereocenters. The SMILES string of the molecule is COc1ccc(OC)c(-c2nn(-c3ccccc3)cc2C(=O)N2CCCc3ccccc32)c1. The molecule has 0 saturated heterocycles. The van der Waals surface area contributed by atoms with Crippen molar-refractivity contribution in [3.8, 4) is 28.4 Å². The molecule has 3 aromatic carbocycles. The lowest BCUT2D eigenvalue weighted by Gasteiger charge is -2.29. The highest BCUT2D eigenvalue weighted by molar-refractivity contribution is 6.10. The van der Waals surface area contributed by atoms with Crippen LogP contribution in [0, 0.1) is 0 Å². The highest BCUT2D eigenvalue weighted by Gasteiger charge is 2.29. The number of hydrogen-bond acceptors (Lipinski definition) is 4. The molecule has 1 aliphatic rings. The number of aromatic nitrogens is 2. The van der Waals surface area contributed by atoms with Crippen LogP contribution in [-0.4, -0.2) is 36.5 Å². The summed E-state index contributed by atoms with van der Waals surface area (Å²) in [6, 6.07) is 23.4. The van der Waals surface area contributed by atoms with Crippen molar-refractivity contribution in [1.82, 2.24) is 9.78 Å². The Morgan fingerprint density at radius 2 is 1.73 bits per heavy atom. The van der Waals surface area contributed by atoms with Crippen LogP contribution in [0.4, 0.5) is 5.69 Å². The van der Waals surface area contributed by atoms with Crippen LogP contribution in [0.2, 0.25) is 0 Å². The second-order valence-electron chi connectivity index (χ2n) is 7.93. The Kier molecular flexibility index (Phi) is 5.57. The number of anilines is 1. The second kappa shape index (κ2) is 8.82. The first-order valence-electron chi connectivity index (χ1n) is 11.0. The van der Waals surface area contributed by atoms with Gasteiger partial charge in [-0.15, -0.1) is 0 Å². The summed E-state index contributed by atoms with van der Waals surface area (Å²) in [5.41, 5.74) is 4.81. The highest BCUT2D eigenvalue weighted by atomic mass is 16.5. The Morgan fingerprint density at radius 3 is 2.52 bits per heavy atom. The molecule has 0 radical (unpaired) electrons. The maximum Gasteiger partial charge on any atom is 0.262 e. The van der Waals surface area contributed by atoms with Gasteiger partial charge in [0.2, 0.25) is 0 Å². The van der Waals surface area contributed by atoms with E-state index in [0.717, 1.165) is 24.2 Å². The Balaban J connectivity index is 1.68. The number of hydrogen-bond donors (Lipinski definition) is 0. The molecule has 0 unspecified atom stereocenters. The second-order valence-corrected chi connectivity index (χ2v) is 7.93. The zero-order valence-electron chi connectivity index (χ0n) is 18.7. The number of amides is 1. The van der Waals surface area contributed by atoms with Crippen LogP contribution >= 0.6 is 0 Å². The summed E-state index contributed by atoms with van der Waals surface area (Å²) < 4.78 is 12.8. The van der Waals surface area contributed by atoms with Crippen molar-refractivity contribution in [3.63, 3.8) is 0 Å². The van der Waals surface area contributed by atoms with E-state index in [2.05, 4.69) is 6.07 Å². The summed E-state index contributed by atoms with van der Waals surface area (Å²) in [4.78, 5) is 15.8. The molecule has 0 N–H and O–H groups in total. The summed E-state index contributed by atoms with van der Waals surface area (Å²) in [5.74, 6) is 1.22. The summed E-state index contributed by atoms with van der Waals surface area (Å²) in [5, 5.41) is 4.84. The molecule has 0 aliphatic carbocycles. The van der Waals surface area contributed by atoms with E-state index in [1.165, 1.54) is 5.56 Å². The number of ether oxygens (including phenoxy) is 2. The third kappa shape index (κ3) is 3.84. The fraction of sp³-hybridized carbons (Fsp3) is 0.185. The molecule has 0 saturated carbocycles. The number of benzene rings is 3. The van der Waals surface area contributed by atoms with Gasteiger partial charge in [0, 0.05) is 24.0 Å². The van der Waals surface area contributed by atoms with E-state index in [1.807, 2.05) is 77.8 Å². The van der Waals surface area contributed by atoms with Gasteiger partial charge in [-0.3, -0.25) is 4.79 Å². The van der Waals surface area contributed by atoms with Crippen molar-refractivity contribution in [2.45, 2.75) is 12.8 Å². The maximum atomic E-state index is 14.0. The van der Waals surface area contributed by atoms with E-state index >= 15 is 0 Å². The van der Waals surface area contributed by atoms with Crippen LogP contribution in [0.1, 0.15) is 22.3 Å². The third-order valence-corrected chi connectivity index (χ3v) is 5.98.